The Labute approximate surface area is 155 Å². The van der Waals surface area contributed by atoms with Gasteiger partial charge < -0.3 is 15.0 Å². The van der Waals surface area contributed by atoms with Crippen molar-refractivity contribution in [2.24, 2.45) is 5.92 Å². The maximum atomic E-state index is 13.7. The molecule has 2 aromatic rings. The topological polar surface area (TPSA) is 67.4 Å². The monoisotopic (exact) mass is 374 g/mol. The molecule has 1 aliphatic carbocycles. The Hall–Kier alpha value is -2.61. The lowest BCUT2D eigenvalue weighted by Gasteiger charge is -2.28. The summed E-state index contributed by atoms with van der Waals surface area (Å²) in [5.74, 6) is -1.32. The standard InChI is InChI=1S/C19H20F2N4O2/c20-14-2-4-17(15(21)10-14)23-18(26)12-1-3-16-13(9-12)11-22-19(24-16)25-5-7-27-8-6-25/h2,4,10-12H,1,3,5-9H2,(H,23,26). The number of aromatic nitrogens is 2. The summed E-state index contributed by atoms with van der Waals surface area (Å²) in [6.45, 7) is 2.88. The molecule has 8 heteroatoms. The number of carbonyl (C=O) groups is 1. The van der Waals surface area contributed by atoms with Crippen LogP contribution in [0.2, 0.25) is 0 Å². The number of halogens is 2. The van der Waals surface area contributed by atoms with Gasteiger partial charge in [0.1, 0.15) is 11.6 Å². The molecule has 0 radical (unpaired) electrons. The number of ether oxygens (including phenoxy) is 1. The average molecular weight is 374 g/mol. The highest BCUT2D eigenvalue weighted by molar-refractivity contribution is 5.93. The Bertz CT molecular complexity index is 856. The minimum absolute atomic E-state index is 0.00823. The molecule has 27 heavy (non-hydrogen) atoms. The summed E-state index contributed by atoms with van der Waals surface area (Å²) < 4.78 is 32.1. The molecule has 0 bridgehead atoms. The van der Waals surface area contributed by atoms with Crippen molar-refractivity contribution in [2.45, 2.75) is 19.3 Å². The number of nitrogens with one attached hydrogen (secondary N) is 1. The van der Waals surface area contributed by atoms with Gasteiger partial charge >= 0.3 is 0 Å². The first-order valence-electron chi connectivity index (χ1n) is 9.03. The second kappa shape index (κ2) is 7.56. The molecule has 2 aliphatic rings. The van der Waals surface area contributed by atoms with E-state index in [9.17, 15) is 13.6 Å². The fraction of sp³-hybridized carbons (Fsp3) is 0.421. The number of fused-ring (bicyclic) bond motifs is 1. The SMILES string of the molecule is O=C(Nc1ccc(F)cc1F)C1CCc2nc(N3CCOCC3)ncc2C1. The van der Waals surface area contributed by atoms with E-state index in [2.05, 4.69) is 20.2 Å². The van der Waals surface area contributed by atoms with E-state index in [1.807, 2.05) is 0 Å². The minimum atomic E-state index is -0.780. The Morgan fingerprint density at radius 3 is 2.85 bits per heavy atom. The van der Waals surface area contributed by atoms with Crippen LogP contribution in [-0.4, -0.2) is 42.2 Å². The lowest BCUT2D eigenvalue weighted by atomic mass is 9.86. The maximum absolute atomic E-state index is 13.7. The molecule has 1 aromatic carbocycles. The van der Waals surface area contributed by atoms with Gasteiger partial charge in [-0.3, -0.25) is 4.79 Å². The predicted molar refractivity (Wildman–Crippen MR) is 95.6 cm³/mol. The quantitative estimate of drug-likeness (QED) is 0.893. The normalized spacial score (nSPS) is 19.5. The summed E-state index contributed by atoms with van der Waals surface area (Å²) in [4.78, 5) is 23.7. The van der Waals surface area contributed by atoms with Crippen LogP contribution in [0.25, 0.3) is 0 Å². The molecule has 1 saturated heterocycles. The number of aryl methyl sites for hydroxylation is 1. The number of benzene rings is 1. The summed E-state index contributed by atoms with van der Waals surface area (Å²) in [6, 6.07) is 3.11. The molecule has 4 rings (SSSR count). The smallest absolute Gasteiger partial charge is 0.227 e. The van der Waals surface area contributed by atoms with Gasteiger partial charge in [-0.2, -0.15) is 0 Å². The largest absolute Gasteiger partial charge is 0.378 e. The van der Waals surface area contributed by atoms with Crippen molar-refractivity contribution in [1.82, 2.24) is 9.97 Å². The van der Waals surface area contributed by atoms with E-state index in [1.165, 1.54) is 6.07 Å². The van der Waals surface area contributed by atoms with Gasteiger partial charge in [0, 0.05) is 37.0 Å². The Morgan fingerprint density at radius 1 is 1.26 bits per heavy atom. The van der Waals surface area contributed by atoms with Crippen LogP contribution >= 0.6 is 0 Å². The highest BCUT2D eigenvalue weighted by Gasteiger charge is 2.27. The second-order valence-electron chi connectivity index (χ2n) is 6.79. The highest BCUT2D eigenvalue weighted by atomic mass is 19.1. The second-order valence-corrected chi connectivity index (χ2v) is 6.79. The van der Waals surface area contributed by atoms with Gasteiger partial charge in [0.15, 0.2) is 0 Å². The third-order valence-electron chi connectivity index (χ3n) is 4.99. The summed E-state index contributed by atoms with van der Waals surface area (Å²) in [5.41, 5.74) is 1.90. The van der Waals surface area contributed by atoms with E-state index >= 15 is 0 Å². The number of hydrogen-bond acceptors (Lipinski definition) is 5. The van der Waals surface area contributed by atoms with Crippen LogP contribution in [-0.2, 0) is 22.4 Å². The van der Waals surface area contributed by atoms with Gasteiger partial charge in [-0.1, -0.05) is 0 Å². The molecule has 1 atom stereocenters. The number of nitrogens with zero attached hydrogens (tertiary/aromatic N) is 3. The molecule has 142 valence electrons. The zero-order valence-electron chi connectivity index (χ0n) is 14.8. The first-order valence-corrected chi connectivity index (χ1v) is 9.03. The molecule has 2 heterocycles. The Balaban J connectivity index is 1.44. The van der Waals surface area contributed by atoms with Gasteiger partial charge in [-0.05, 0) is 37.0 Å². The summed E-state index contributed by atoms with van der Waals surface area (Å²) in [7, 11) is 0. The predicted octanol–water partition coefficient (Wildman–Crippen LogP) is 2.33. The molecular formula is C19H20F2N4O2. The van der Waals surface area contributed by atoms with E-state index in [0.717, 1.165) is 36.5 Å². The number of carbonyl (C=O) groups excluding carboxylic acids is 1. The first-order chi connectivity index (χ1) is 13.1. The van der Waals surface area contributed by atoms with Crippen LogP contribution in [0, 0.1) is 17.6 Å². The molecule has 0 spiro atoms. The van der Waals surface area contributed by atoms with Crippen LogP contribution in [0.5, 0.6) is 0 Å². The molecule has 1 aromatic heterocycles. The van der Waals surface area contributed by atoms with Crippen molar-refractivity contribution >= 4 is 17.5 Å². The van der Waals surface area contributed by atoms with Crippen LogP contribution in [0.1, 0.15) is 17.7 Å². The zero-order valence-corrected chi connectivity index (χ0v) is 14.8. The summed E-state index contributed by atoms with van der Waals surface area (Å²) in [6.07, 6.45) is 3.58. The molecule has 1 aliphatic heterocycles. The molecule has 1 unspecified atom stereocenters. The van der Waals surface area contributed by atoms with E-state index in [-0.39, 0.29) is 17.5 Å². The molecule has 6 nitrogen and oxygen atoms in total. The summed E-state index contributed by atoms with van der Waals surface area (Å²) >= 11 is 0. The van der Waals surface area contributed by atoms with E-state index in [1.54, 1.807) is 6.20 Å². The molecular weight excluding hydrogens is 354 g/mol. The van der Waals surface area contributed by atoms with Crippen LogP contribution in [0.15, 0.2) is 24.4 Å². The summed E-state index contributed by atoms with van der Waals surface area (Å²) in [5, 5.41) is 2.56. The van der Waals surface area contributed by atoms with Crippen LogP contribution in [0.4, 0.5) is 20.4 Å². The molecule has 1 fully saturated rings. The lowest BCUT2D eigenvalue weighted by molar-refractivity contribution is -0.120. The Morgan fingerprint density at radius 2 is 2.07 bits per heavy atom. The van der Waals surface area contributed by atoms with Gasteiger partial charge in [0.2, 0.25) is 11.9 Å². The highest BCUT2D eigenvalue weighted by Crippen LogP contribution is 2.27. The number of amides is 1. The maximum Gasteiger partial charge on any atom is 0.227 e. The average Bonchev–Trinajstić information content (AvgIpc) is 2.70. The van der Waals surface area contributed by atoms with Crippen LogP contribution in [0.3, 0.4) is 0 Å². The van der Waals surface area contributed by atoms with Gasteiger partial charge in [-0.15, -0.1) is 0 Å². The van der Waals surface area contributed by atoms with E-state index in [4.69, 9.17) is 4.74 Å². The zero-order chi connectivity index (χ0) is 18.8. The van der Waals surface area contributed by atoms with Crippen molar-refractivity contribution in [1.29, 1.82) is 0 Å². The van der Waals surface area contributed by atoms with Crippen molar-refractivity contribution in [3.63, 3.8) is 0 Å². The van der Waals surface area contributed by atoms with E-state index in [0.29, 0.717) is 38.4 Å². The third kappa shape index (κ3) is 3.90. The minimum Gasteiger partial charge on any atom is -0.378 e. The Kier molecular flexibility index (Phi) is 4.98. The van der Waals surface area contributed by atoms with Crippen molar-refractivity contribution in [3.8, 4) is 0 Å². The number of hydrogen-bond donors (Lipinski definition) is 1. The van der Waals surface area contributed by atoms with Crippen molar-refractivity contribution in [3.05, 3.63) is 47.3 Å². The van der Waals surface area contributed by atoms with Gasteiger partial charge in [0.05, 0.1) is 18.9 Å². The van der Waals surface area contributed by atoms with Crippen LogP contribution < -0.4 is 10.2 Å². The fourth-order valence-electron chi connectivity index (χ4n) is 3.46. The number of anilines is 2. The van der Waals surface area contributed by atoms with Gasteiger partial charge in [0.25, 0.3) is 0 Å². The van der Waals surface area contributed by atoms with Crippen molar-refractivity contribution < 1.29 is 18.3 Å². The fourth-order valence-corrected chi connectivity index (χ4v) is 3.46. The lowest BCUT2D eigenvalue weighted by Crippen LogP contribution is -2.38. The molecule has 1 amide bonds. The van der Waals surface area contributed by atoms with E-state index < -0.39 is 11.6 Å². The molecule has 1 N–H and O–H groups in total. The van der Waals surface area contributed by atoms with Gasteiger partial charge in [-0.25, -0.2) is 18.7 Å². The van der Waals surface area contributed by atoms with Crippen molar-refractivity contribution in [2.75, 3.05) is 36.5 Å². The number of rotatable bonds is 3. The molecule has 0 saturated carbocycles. The first kappa shape index (κ1) is 17.8. The number of morpholine rings is 1. The third-order valence-corrected chi connectivity index (χ3v) is 4.99.